The summed E-state index contributed by atoms with van der Waals surface area (Å²) in [5.74, 6) is -1.73. The van der Waals surface area contributed by atoms with Gasteiger partial charge in [0.2, 0.25) is 5.91 Å². The second kappa shape index (κ2) is 10.0. The van der Waals surface area contributed by atoms with Crippen molar-refractivity contribution in [2.75, 3.05) is 25.0 Å². The van der Waals surface area contributed by atoms with Gasteiger partial charge in [-0.05, 0) is 43.5 Å². The minimum Gasteiger partial charge on any atom is -0.465 e. The van der Waals surface area contributed by atoms with Gasteiger partial charge < -0.3 is 26.0 Å². The van der Waals surface area contributed by atoms with E-state index in [2.05, 4.69) is 16.5 Å². The highest BCUT2D eigenvalue weighted by Crippen LogP contribution is 2.36. The number of amides is 3. The maximum atomic E-state index is 13.3. The lowest BCUT2D eigenvalue weighted by Crippen LogP contribution is -2.52. The van der Waals surface area contributed by atoms with Crippen molar-refractivity contribution in [3.8, 4) is 6.07 Å². The van der Waals surface area contributed by atoms with Gasteiger partial charge in [-0.3, -0.25) is 14.3 Å². The number of primary amides is 1. The number of nitrogens with two attached hydrogens (primary N) is 1. The Kier molecular flexibility index (Phi) is 6.86. The zero-order chi connectivity index (χ0) is 25.1. The van der Waals surface area contributed by atoms with Crippen LogP contribution in [0.25, 0.3) is 0 Å². The number of anilines is 2. The molecular formula is C23H26FN7O4. The second-order valence-corrected chi connectivity index (χ2v) is 8.69. The van der Waals surface area contributed by atoms with Crippen LogP contribution in [0.1, 0.15) is 42.1 Å². The predicted octanol–water partition coefficient (Wildman–Crippen LogP) is 2.31. The van der Waals surface area contributed by atoms with E-state index in [0.29, 0.717) is 38.0 Å². The molecule has 0 saturated carbocycles. The number of hydrogen-bond acceptors (Lipinski definition) is 6. The van der Waals surface area contributed by atoms with E-state index >= 15 is 0 Å². The molecule has 4 N–H and O–H groups in total. The predicted molar refractivity (Wildman–Crippen MR) is 122 cm³/mol. The molecule has 1 aromatic carbocycles. The largest absolute Gasteiger partial charge is 0.465 e. The number of carbonyl (C=O) groups excluding carboxylic acids is 2. The number of halogens is 1. The molecule has 2 aliphatic heterocycles. The summed E-state index contributed by atoms with van der Waals surface area (Å²) in [6.07, 6.45) is 2.18. The van der Waals surface area contributed by atoms with Crippen LogP contribution >= 0.6 is 0 Å². The monoisotopic (exact) mass is 483 g/mol. The number of piperidine rings is 1. The average molecular weight is 484 g/mol. The minimum absolute atomic E-state index is 0.0300. The van der Waals surface area contributed by atoms with E-state index in [4.69, 9.17) is 5.73 Å². The third kappa shape index (κ3) is 5.03. The van der Waals surface area contributed by atoms with Crippen LogP contribution in [0.5, 0.6) is 0 Å². The minimum atomic E-state index is -1.13. The maximum Gasteiger partial charge on any atom is 0.407 e. The number of carbonyl (C=O) groups is 3. The van der Waals surface area contributed by atoms with Crippen molar-refractivity contribution in [2.24, 2.45) is 11.7 Å². The van der Waals surface area contributed by atoms with E-state index in [-0.39, 0.29) is 23.8 Å². The van der Waals surface area contributed by atoms with E-state index in [0.717, 1.165) is 6.42 Å². The van der Waals surface area contributed by atoms with E-state index in [9.17, 15) is 29.1 Å². The summed E-state index contributed by atoms with van der Waals surface area (Å²) < 4.78 is 14.7. The van der Waals surface area contributed by atoms with Crippen LogP contribution < -0.4 is 11.1 Å². The normalized spacial score (nSPS) is 22.2. The highest BCUT2D eigenvalue weighted by molar-refractivity contribution is 5.98. The Morgan fingerprint density at radius 3 is 2.63 bits per heavy atom. The molecule has 3 heterocycles. The van der Waals surface area contributed by atoms with Crippen LogP contribution in [-0.4, -0.2) is 68.3 Å². The number of nitriles is 1. The fourth-order valence-corrected chi connectivity index (χ4v) is 4.84. The summed E-state index contributed by atoms with van der Waals surface area (Å²) in [6.45, 7) is 1.16. The highest BCUT2D eigenvalue weighted by atomic mass is 19.1. The molecule has 2 aromatic rings. The number of carboxylic acid groups (broad SMARTS) is 1. The van der Waals surface area contributed by atoms with Crippen molar-refractivity contribution in [2.45, 2.75) is 37.8 Å². The van der Waals surface area contributed by atoms with Crippen molar-refractivity contribution >= 4 is 29.4 Å². The molecule has 0 radical (unpaired) electrons. The van der Waals surface area contributed by atoms with Gasteiger partial charge in [-0.1, -0.05) is 0 Å². The number of benzene rings is 1. The van der Waals surface area contributed by atoms with E-state index in [1.54, 1.807) is 4.90 Å². The molecule has 0 aliphatic carbocycles. The Morgan fingerprint density at radius 1 is 1.29 bits per heavy atom. The van der Waals surface area contributed by atoms with Crippen molar-refractivity contribution in [3.05, 3.63) is 41.8 Å². The molecule has 4 rings (SSSR count). The standard InChI is InChI=1S/C23H26FN7O4/c24-14-3-5-15(6-4-14)27-22-17(21(26)33)13-31(28-22)19-8-11-30(23(34)35)18(16(19)12-25)7-10-29-9-1-2-20(29)32/h3-6,13,16,18-19H,1-2,7-11H2,(H2,26,33)(H,27,28)(H,34,35). The molecule has 184 valence electrons. The first-order chi connectivity index (χ1) is 16.8. The van der Waals surface area contributed by atoms with Gasteiger partial charge in [0, 0.05) is 37.9 Å². The average Bonchev–Trinajstić information content (AvgIpc) is 3.44. The molecule has 3 amide bonds. The zero-order valence-electron chi connectivity index (χ0n) is 18.9. The zero-order valence-corrected chi connectivity index (χ0v) is 18.9. The van der Waals surface area contributed by atoms with Crippen LogP contribution in [0.4, 0.5) is 20.7 Å². The van der Waals surface area contributed by atoms with E-state index in [1.807, 2.05) is 0 Å². The van der Waals surface area contributed by atoms with E-state index in [1.165, 1.54) is 40.0 Å². The molecule has 3 unspecified atom stereocenters. The molecule has 35 heavy (non-hydrogen) atoms. The molecule has 11 nitrogen and oxygen atoms in total. The van der Waals surface area contributed by atoms with Gasteiger partial charge in [0.1, 0.15) is 11.4 Å². The number of nitrogens with one attached hydrogen (secondary N) is 1. The molecule has 1 aromatic heterocycles. The number of hydrogen-bond donors (Lipinski definition) is 3. The van der Waals surface area contributed by atoms with Crippen molar-refractivity contribution in [1.29, 1.82) is 5.26 Å². The van der Waals surface area contributed by atoms with Crippen LogP contribution in [0.15, 0.2) is 30.5 Å². The van der Waals surface area contributed by atoms with Gasteiger partial charge in [-0.2, -0.15) is 10.4 Å². The van der Waals surface area contributed by atoms with E-state index < -0.39 is 35.8 Å². The van der Waals surface area contributed by atoms with Gasteiger partial charge in [-0.15, -0.1) is 0 Å². The summed E-state index contributed by atoms with van der Waals surface area (Å²) >= 11 is 0. The van der Waals surface area contributed by atoms with Gasteiger partial charge >= 0.3 is 6.09 Å². The number of nitrogens with zero attached hydrogens (tertiary/aromatic N) is 5. The van der Waals surface area contributed by atoms with Crippen molar-refractivity contribution in [3.63, 3.8) is 0 Å². The SMILES string of the molecule is N#CC1C(CCN2CCCC2=O)N(C(=O)O)CCC1n1cc(C(N)=O)c(Nc2ccc(F)cc2)n1. The van der Waals surface area contributed by atoms with Gasteiger partial charge in [-0.25, -0.2) is 9.18 Å². The van der Waals surface area contributed by atoms with Crippen molar-refractivity contribution in [1.82, 2.24) is 19.6 Å². The van der Waals surface area contributed by atoms with Gasteiger partial charge in [0.15, 0.2) is 5.82 Å². The van der Waals surface area contributed by atoms with Gasteiger partial charge in [0.25, 0.3) is 5.91 Å². The Hall–Kier alpha value is -4.14. The number of rotatable bonds is 7. The van der Waals surface area contributed by atoms with Crippen LogP contribution in [0.2, 0.25) is 0 Å². The molecule has 0 spiro atoms. The quantitative estimate of drug-likeness (QED) is 0.545. The summed E-state index contributed by atoms with van der Waals surface area (Å²) in [5, 5.41) is 27.2. The lowest BCUT2D eigenvalue weighted by atomic mass is 9.84. The van der Waals surface area contributed by atoms with Crippen LogP contribution in [0, 0.1) is 23.1 Å². The topological polar surface area (TPSA) is 158 Å². The number of aromatic nitrogens is 2. The second-order valence-electron chi connectivity index (χ2n) is 8.69. The molecule has 2 aliphatic rings. The molecule has 0 bridgehead atoms. The molecule has 3 atom stereocenters. The third-order valence-electron chi connectivity index (χ3n) is 6.60. The van der Waals surface area contributed by atoms with Crippen molar-refractivity contribution < 1.29 is 23.9 Å². The van der Waals surface area contributed by atoms with Crippen LogP contribution in [0.3, 0.4) is 0 Å². The molecule has 12 heteroatoms. The molecular weight excluding hydrogens is 457 g/mol. The maximum absolute atomic E-state index is 13.3. The smallest absolute Gasteiger partial charge is 0.407 e. The Labute approximate surface area is 200 Å². The lowest BCUT2D eigenvalue weighted by molar-refractivity contribution is -0.127. The summed E-state index contributed by atoms with van der Waals surface area (Å²) in [4.78, 5) is 39.0. The Bertz CT molecular complexity index is 1160. The Balaban J connectivity index is 1.60. The summed E-state index contributed by atoms with van der Waals surface area (Å²) in [7, 11) is 0. The summed E-state index contributed by atoms with van der Waals surface area (Å²) in [5.41, 5.74) is 6.12. The first-order valence-corrected chi connectivity index (χ1v) is 11.4. The molecule has 2 fully saturated rings. The van der Waals surface area contributed by atoms with Crippen LogP contribution in [-0.2, 0) is 4.79 Å². The molecule has 2 saturated heterocycles. The van der Waals surface area contributed by atoms with Gasteiger partial charge in [0.05, 0.1) is 24.1 Å². The first-order valence-electron chi connectivity index (χ1n) is 11.4. The first kappa shape index (κ1) is 24.0. The highest BCUT2D eigenvalue weighted by Gasteiger charge is 2.42. The lowest BCUT2D eigenvalue weighted by Gasteiger charge is -2.41. The third-order valence-corrected chi connectivity index (χ3v) is 6.60. The fourth-order valence-electron chi connectivity index (χ4n) is 4.84. The fraction of sp³-hybridized carbons (Fsp3) is 0.435. The number of likely N-dealkylation sites (tertiary alicyclic amines) is 2. The summed E-state index contributed by atoms with van der Waals surface area (Å²) in [6, 6.07) is 6.55. The Morgan fingerprint density at radius 2 is 2.03 bits per heavy atom.